The number of non-ortho nitro benzene ring substituents is 1. The molecular weight excluding hydrogens is 272 g/mol. The number of hydrogen-bond acceptors (Lipinski definition) is 4. The second-order valence-corrected chi connectivity index (χ2v) is 5.33. The van der Waals surface area contributed by atoms with Crippen molar-refractivity contribution in [1.29, 1.82) is 0 Å². The second-order valence-electron chi connectivity index (χ2n) is 3.81. The van der Waals surface area contributed by atoms with Crippen LogP contribution in [0, 0.1) is 10.1 Å². The van der Waals surface area contributed by atoms with Crippen molar-refractivity contribution in [2.24, 2.45) is 0 Å². The van der Waals surface area contributed by atoms with E-state index >= 15 is 0 Å². The van der Waals surface area contributed by atoms with Crippen LogP contribution in [0.2, 0.25) is 5.02 Å². The van der Waals surface area contributed by atoms with E-state index in [0.717, 1.165) is 21.2 Å². The van der Waals surface area contributed by atoms with Crippen LogP contribution >= 0.6 is 23.4 Å². The topological polar surface area (TPSA) is 55.2 Å². The summed E-state index contributed by atoms with van der Waals surface area (Å²) in [7, 11) is 0. The molecule has 0 atom stereocenters. The molecule has 1 N–H and O–H groups in total. The Morgan fingerprint density at radius 3 is 2.50 bits per heavy atom. The zero-order valence-corrected chi connectivity index (χ0v) is 10.6. The summed E-state index contributed by atoms with van der Waals surface area (Å²) in [5, 5.41) is 14.5. The zero-order chi connectivity index (χ0) is 12.7. The predicted molar refractivity (Wildman–Crippen MR) is 72.0 cm³/mol. The van der Waals surface area contributed by atoms with Gasteiger partial charge in [0.2, 0.25) is 0 Å². The molecule has 1 aliphatic rings. The predicted octanol–water partition coefficient (Wildman–Crippen LogP) is 4.46. The molecule has 0 unspecified atom stereocenters. The summed E-state index contributed by atoms with van der Waals surface area (Å²) in [5.74, 6) is 0. The molecule has 90 valence electrons. The van der Waals surface area contributed by atoms with Crippen LogP contribution in [0.1, 0.15) is 0 Å². The minimum atomic E-state index is -0.403. The van der Waals surface area contributed by atoms with Crippen LogP contribution < -0.4 is 5.32 Å². The average Bonchev–Trinajstić information content (AvgIpc) is 2.35. The molecule has 3 rings (SSSR count). The number of halogens is 1. The minimum absolute atomic E-state index is 0.0762. The van der Waals surface area contributed by atoms with Gasteiger partial charge in [-0.3, -0.25) is 10.1 Å². The Morgan fingerprint density at radius 2 is 1.78 bits per heavy atom. The van der Waals surface area contributed by atoms with Crippen molar-refractivity contribution in [1.82, 2.24) is 0 Å². The lowest BCUT2D eigenvalue weighted by Gasteiger charge is -2.20. The van der Waals surface area contributed by atoms with Gasteiger partial charge in [-0.05, 0) is 24.3 Å². The van der Waals surface area contributed by atoms with Gasteiger partial charge in [-0.1, -0.05) is 23.4 Å². The summed E-state index contributed by atoms with van der Waals surface area (Å²) in [5.41, 5.74) is 1.69. The Kier molecular flexibility index (Phi) is 2.65. The van der Waals surface area contributed by atoms with Crippen LogP contribution in [0.4, 0.5) is 17.1 Å². The molecule has 0 saturated carbocycles. The van der Waals surface area contributed by atoms with Crippen LogP contribution in [0.5, 0.6) is 0 Å². The maximum atomic E-state index is 10.7. The Hall–Kier alpha value is -1.72. The summed E-state index contributed by atoms with van der Waals surface area (Å²) in [6.07, 6.45) is 0. The van der Waals surface area contributed by atoms with Crippen molar-refractivity contribution >= 4 is 40.4 Å². The zero-order valence-electron chi connectivity index (χ0n) is 9.01. The van der Waals surface area contributed by atoms with Gasteiger partial charge >= 0.3 is 0 Å². The first kappa shape index (κ1) is 11.4. The Balaban J connectivity index is 2.05. The highest BCUT2D eigenvalue weighted by atomic mass is 35.5. The van der Waals surface area contributed by atoms with E-state index in [0.29, 0.717) is 5.02 Å². The number of rotatable bonds is 1. The van der Waals surface area contributed by atoms with Gasteiger partial charge in [0.1, 0.15) is 0 Å². The summed E-state index contributed by atoms with van der Waals surface area (Å²) in [6.45, 7) is 0. The number of nitrogens with one attached hydrogen (secondary N) is 1. The largest absolute Gasteiger partial charge is 0.353 e. The fourth-order valence-corrected chi connectivity index (χ4v) is 2.89. The van der Waals surface area contributed by atoms with Crippen LogP contribution in [-0.4, -0.2) is 4.92 Å². The molecule has 0 amide bonds. The molecule has 18 heavy (non-hydrogen) atoms. The van der Waals surface area contributed by atoms with E-state index in [2.05, 4.69) is 5.32 Å². The molecule has 6 heteroatoms. The number of benzene rings is 2. The maximum absolute atomic E-state index is 10.7. The molecular formula is C12H7ClN2O2S. The highest BCUT2D eigenvalue weighted by molar-refractivity contribution is 7.99. The van der Waals surface area contributed by atoms with Crippen LogP contribution in [0.25, 0.3) is 0 Å². The van der Waals surface area contributed by atoms with Gasteiger partial charge < -0.3 is 5.32 Å². The van der Waals surface area contributed by atoms with Gasteiger partial charge in [-0.15, -0.1) is 0 Å². The molecule has 0 bridgehead atoms. The van der Waals surface area contributed by atoms with Crippen LogP contribution in [-0.2, 0) is 0 Å². The first-order valence-electron chi connectivity index (χ1n) is 5.16. The summed E-state index contributed by atoms with van der Waals surface area (Å²) < 4.78 is 0. The molecule has 0 spiro atoms. The third kappa shape index (κ3) is 1.91. The SMILES string of the molecule is O=[N+]([O-])c1ccc2c(c1)Nc1cc(Cl)ccc1S2. The lowest BCUT2D eigenvalue weighted by Crippen LogP contribution is -2.00. The molecule has 0 aromatic heterocycles. The number of nitrogens with zero attached hydrogens (tertiary/aromatic N) is 1. The van der Waals surface area contributed by atoms with E-state index in [-0.39, 0.29) is 5.69 Å². The lowest BCUT2D eigenvalue weighted by molar-refractivity contribution is -0.384. The van der Waals surface area contributed by atoms with E-state index in [1.165, 1.54) is 12.1 Å². The average molecular weight is 279 g/mol. The standard InChI is InChI=1S/C12H7ClN2O2S/c13-7-1-3-11-9(5-7)14-10-6-8(15(16)17)2-4-12(10)18-11/h1-6,14H. The third-order valence-corrected chi connectivity index (χ3v) is 3.99. The molecule has 0 saturated heterocycles. The fourth-order valence-electron chi connectivity index (χ4n) is 1.77. The van der Waals surface area contributed by atoms with Crippen molar-refractivity contribution in [3.63, 3.8) is 0 Å². The Bertz CT molecular complexity index is 661. The molecule has 4 nitrogen and oxygen atoms in total. The summed E-state index contributed by atoms with van der Waals surface area (Å²) in [4.78, 5) is 12.4. The maximum Gasteiger partial charge on any atom is 0.271 e. The number of nitro benzene ring substituents is 1. The van der Waals surface area contributed by atoms with E-state index in [9.17, 15) is 10.1 Å². The lowest BCUT2D eigenvalue weighted by atomic mass is 10.2. The van der Waals surface area contributed by atoms with Gasteiger partial charge in [0.05, 0.1) is 16.3 Å². The first-order chi connectivity index (χ1) is 8.63. The molecule has 0 fully saturated rings. The van der Waals surface area contributed by atoms with Gasteiger partial charge in [-0.2, -0.15) is 0 Å². The highest BCUT2D eigenvalue weighted by Gasteiger charge is 2.18. The molecule has 0 aliphatic carbocycles. The quantitative estimate of drug-likeness (QED) is 0.527. The highest BCUT2D eigenvalue weighted by Crippen LogP contribution is 2.45. The van der Waals surface area contributed by atoms with Gasteiger partial charge in [0.15, 0.2) is 0 Å². The molecule has 2 aromatic rings. The summed E-state index contributed by atoms with van der Waals surface area (Å²) in [6, 6.07) is 10.4. The number of anilines is 2. The van der Waals surface area contributed by atoms with Crippen LogP contribution in [0.3, 0.4) is 0 Å². The third-order valence-electron chi connectivity index (χ3n) is 2.60. The van der Waals surface area contributed by atoms with Gasteiger partial charge in [-0.25, -0.2) is 0 Å². The first-order valence-corrected chi connectivity index (χ1v) is 6.36. The number of fused-ring (bicyclic) bond motifs is 2. The second kappa shape index (κ2) is 4.19. The Morgan fingerprint density at radius 1 is 1.11 bits per heavy atom. The monoisotopic (exact) mass is 278 g/mol. The van der Waals surface area contributed by atoms with E-state index in [4.69, 9.17) is 11.6 Å². The van der Waals surface area contributed by atoms with Gasteiger partial charge in [0.25, 0.3) is 5.69 Å². The van der Waals surface area contributed by atoms with E-state index in [1.807, 2.05) is 18.2 Å². The number of nitro groups is 1. The minimum Gasteiger partial charge on any atom is -0.353 e. The van der Waals surface area contributed by atoms with E-state index < -0.39 is 4.92 Å². The number of hydrogen-bond donors (Lipinski definition) is 1. The van der Waals surface area contributed by atoms with Crippen molar-refractivity contribution < 1.29 is 4.92 Å². The molecule has 1 aliphatic heterocycles. The van der Waals surface area contributed by atoms with Crippen molar-refractivity contribution in [2.75, 3.05) is 5.32 Å². The van der Waals surface area contributed by atoms with Crippen molar-refractivity contribution in [2.45, 2.75) is 9.79 Å². The molecule has 0 radical (unpaired) electrons. The van der Waals surface area contributed by atoms with Gasteiger partial charge in [0, 0.05) is 26.9 Å². The molecule has 1 heterocycles. The smallest absolute Gasteiger partial charge is 0.271 e. The van der Waals surface area contributed by atoms with Crippen molar-refractivity contribution in [3.05, 3.63) is 51.5 Å². The van der Waals surface area contributed by atoms with Crippen LogP contribution in [0.15, 0.2) is 46.2 Å². The fraction of sp³-hybridized carbons (Fsp3) is 0. The van der Waals surface area contributed by atoms with E-state index in [1.54, 1.807) is 17.8 Å². The normalized spacial score (nSPS) is 12.3. The molecule has 2 aromatic carbocycles. The Labute approximate surface area is 112 Å². The summed E-state index contributed by atoms with van der Waals surface area (Å²) >= 11 is 7.50. The van der Waals surface area contributed by atoms with Crippen molar-refractivity contribution in [3.8, 4) is 0 Å².